The first kappa shape index (κ1) is 13.0. The minimum absolute atomic E-state index is 0.0919. The van der Waals surface area contributed by atoms with Crippen molar-refractivity contribution in [3.63, 3.8) is 0 Å². The van der Waals surface area contributed by atoms with Crippen LogP contribution in [-0.2, 0) is 4.79 Å². The lowest BCUT2D eigenvalue weighted by Crippen LogP contribution is -2.38. The fourth-order valence-corrected chi connectivity index (χ4v) is 2.87. The Morgan fingerprint density at radius 1 is 1.45 bits per heavy atom. The van der Waals surface area contributed by atoms with Crippen LogP contribution in [0, 0.1) is 0 Å². The van der Waals surface area contributed by atoms with Gasteiger partial charge in [-0.05, 0) is 31.0 Å². The van der Waals surface area contributed by atoms with Crippen LogP contribution in [0.3, 0.4) is 0 Å². The van der Waals surface area contributed by atoms with E-state index in [0.717, 1.165) is 36.2 Å². The van der Waals surface area contributed by atoms with Gasteiger partial charge in [0.25, 0.3) is 0 Å². The van der Waals surface area contributed by atoms with E-state index in [1.54, 1.807) is 0 Å². The first-order valence-corrected chi connectivity index (χ1v) is 7.13. The summed E-state index contributed by atoms with van der Waals surface area (Å²) in [6.07, 6.45) is 1.87. The zero-order valence-corrected chi connectivity index (χ0v) is 11.9. The van der Waals surface area contributed by atoms with E-state index < -0.39 is 0 Å². The second kappa shape index (κ2) is 4.81. The number of carbonyl (C=O) groups excluding carboxylic acids is 1. The van der Waals surface area contributed by atoms with Gasteiger partial charge in [0.2, 0.25) is 5.91 Å². The minimum Gasteiger partial charge on any atom is -0.399 e. The van der Waals surface area contributed by atoms with Crippen molar-refractivity contribution in [3.05, 3.63) is 24.0 Å². The average molecular weight is 272 g/mol. The molecule has 0 saturated carbocycles. The van der Waals surface area contributed by atoms with Gasteiger partial charge in [0.15, 0.2) is 0 Å². The summed E-state index contributed by atoms with van der Waals surface area (Å²) < 4.78 is 2.09. The third kappa shape index (κ3) is 2.03. The molecule has 3 N–H and O–H groups in total. The molecule has 1 fully saturated rings. The number of nitrogens with one attached hydrogen (secondary N) is 1. The Kier molecular flexibility index (Phi) is 3.12. The molecular weight excluding hydrogens is 252 g/mol. The van der Waals surface area contributed by atoms with Gasteiger partial charge < -0.3 is 15.6 Å². The number of hydrogen-bond acceptors (Lipinski definition) is 3. The molecule has 1 amide bonds. The maximum atomic E-state index is 12.2. The van der Waals surface area contributed by atoms with Gasteiger partial charge in [-0.1, -0.05) is 13.8 Å². The van der Waals surface area contributed by atoms with Crippen LogP contribution >= 0.6 is 0 Å². The molecule has 20 heavy (non-hydrogen) atoms. The lowest BCUT2D eigenvalue weighted by Gasteiger charge is -2.26. The van der Waals surface area contributed by atoms with Crippen molar-refractivity contribution in [2.75, 3.05) is 12.3 Å². The van der Waals surface area contributed by atoms with Crippen LogP contribution in [0.15, 0.2) is 18.2 Å². The summed E-state index contributed by atoms with van der Waals surface area (Å²) in [5.74, 6) is 1.31. The molecule has 0 radical (unpaired) electrons. The number of hydrogen-bond donors (Lipinski definition) is 2. The van der Waals surface area contributed by atoms with Gasteiger partial charge in [0.1, 0.15) is 11.9 Å². The van der Waals surface area contributed by atoms with Crippen molar-refractivity contribution in [2.24, 2.45) is 0 Å². The van der Waals surface area contributed by atoms with Gasteiger partial charge in [-0.2, -0.15) is 0 Å². The third-order valence-electron chi connectivity index (χ3n) is 3.83. The van der Waals surface area contributed by atoms with Crippen molar-refractivity contribution in [1.29, 1.82) is 0 Å². The second-order valence-corrected chi connectivity index (χ2v) is 5.69. The van der Waals surface area contributed by atoms with E-state index in [1.165, 1.54) is 0 Å². The number of rotatable bonds is 2. The molecule has 0 aliphatic carbocycles. The molecule has 3 rings (SSSR count). The number of imidazole rings is 1. The summed E-state index contributed by atoms with van der Waals surface area (Å²) in [4.78, 5) is 16.9. The number of benzene rings is 1. The van der Waals surface area contributed by atoms with Crippen LogP contribution in [0.5, 0.6) is 0 Å². The van der Waals surface area contributed by atoms with Gasteiger partial charge in [-0.3, -0.25) is 4.79 Å². The zero-order valence-electron chi connectivity index (χ0n) is 11.9. The Bertz CT molecular complexity index is 659. The molecule has 1 aliphatic heterocycles. The summed E-state index contributed by atoms with van der Waals surface area (Å²) in [6, 6.07) is 5.55. The SMILES string of the molecule is CC(C)c1nc2cc(N)ccc2n1C1CCCNC1=O. The first-order valence-electron chi connectivity index (χ1n) is 7.13. The summed E-state index contributed by atoms with van der Waals surface area (Å²) >= 11 is 0. The Hall–Kier alpha value is -2.04. The number of amides is 1. The van der Waals surface area contributed by atoms with Gasteiger partial charge in [-0.15, -0.1) is 0 Å². The first-order chi connectivity index (χ1) is 9.58. The van der Waals surface area contributed by atoms with Crippen LogP contribution in [0.25, 0.3) is 11.0 Å². The molecule has 1 saturated heterocycles. The third-order valence-corrected chi connectivity index (χ3v) is 3.83. The molecule has 1 unspecified atom stereocenters. The highest BCUT2D eigenvalue weighted by atomic mass is 16.2. The summed E-state index contributed by atoms with van der Waals surface area (Å²) in [5.41, 5.74) is 8.39. The normalized spacial score (nSPS) is 19.6. The number of nitrogens with two attached hydrogens (primary N) is 1. The van der Waals surface area contributed by atoms with E-state index in [0.29, 0.717) is 5.69 Å². The molecule has 5 nitrogen and oxygen atoms in total. The number of aromatic nitrogens is 2. The van der Waals surface area contributed by atoms with Gasteiger partial charge in [0, 0.05) is 18.2 Å². The summed E-state index contributed by atoms with van der Waals surface area (Å²) in [7, 11) is 0. The standard InChI is InChI=1S/C15H20N4O/c1-9(2)14-18-11-8-10(16)5-6-12(11)19(14)13-4-3-7-17-15(13)20/h5-6,8-9,13H,3-4,7,16H2,1-2H3,(H,17,20). The van der Waals surface area contributed by atoms with Crippen molar-refractivity contribution >= 4 is 22.6 Å². The number of fused-ring (bicyclic) bond motifs is 1. The van der Waals surface area contributed by atoms with E-state index in [1.807, 2.05) is 18.2 Å². The monoisotopic (exact) mass is 272 g/mol. The zero-order chi connectivity index (χ0) is 14.3. The number of piperidine rings is 1. The molecule has 1 aromatic carbocycles. The highest BCUT2D eigenvalue weighted by Crippen LogP contribution is 2.30. The molecule has 0 spiro atoms. The predicted octanol–water partition coefficient (Wildman–Crippen LogP) is 2.19. The number of nitrogen functional groups attached to an aromatic ring is 1. The van der Waals surface area contributed by atoms with E-state index in [-0.39, 0.29) is 17.9 Å². The summed E-state index contributed by atoms with van der Waals surface area (Å²) in [6.45, 7) is 4.97. The van der Waals surface area contributed by atoms with Crippen molar-refractivity contribution in [3.8, 4) is 0 Å². The highest BCUT2D eigenvalue weighted by molar-refractivity contribution is 5.86. The minimum atomic E-state index is -0.158. The topological polar surface area (TPSA) is 72.9 Å². The predicted molar refractivity (Wildman–Crippen MR) is 79.5 cm³/mol. The highest BCUT2D eigenvalue weighted by Gasteiger charge is 2.28. The lowest BCUT2D eigenvalue weighted by molar-refractivity contribution is -0.125. The van der Waals surface area contributed by atoms with E-state index in [2.05, 4.69) is 28.7 Å². The molecule has 0 bridgehead atoms. The van der Waals surface area contributed by atoms with E-state index in [9.17, 15) is 4.79 Å². The van der Waals surface area contributed by atoms with Gasteiger partial charge in [-0.25, -0.2) is 4.98 Å². The van der Waals surface area contributed by atoms with Crippen LogP contribution < -0.4 is 11.1 Å². The molecule has 1 aromatic heterocycles. The second-order valence-electron chi connectivity index (χ2n) is 5.69. The molecule has 5 heteroatoms. The Morgan fingerprint density at radius 2 is 2.25 bits per heavy atom. The van der Waals surface area contributed by atoms with E-state index >= 15 is 0 Å². The van der Waals surface area contributed by atoms with Crippen LogP contribution in [0.2, 0.25) is 0 Å². The Morgan fingerprint density at radius 3 is 2.95 bits per heavy atom. The largest absolute Gasteiger partial charge is 0.399 e. The molecule has 1 atom stereocenters. The number of nitrogens with zero attached hydrogens (tertiary/aromatic N) is 2. The Labute approximate surface area is 118 Å². The quantitative estimate of drug-likeness (QED) is 0.823. The smallest absolute Gasteiger partial charge is 0.243 e. The molecular formula is C15H20N4O. The van der Waals surface area contributed by atoms with Crippen molar-refractivity contribution in [1.82, 2.24) is 14.9 Å². The molecule has 106 valence electrons. The Balaban J connectivity index is 2.20. The molecule has 2 aromatic rings. The van der Waals surface area contributed by atoms with Gasteiger partial charge >= 0.3 is 0 Å². The summed E-state index contributed by atoms with van der Waals surface area (Å²) in [5, 5.41) is 2.95. The molecule has 1 aliphatic rings. The van der Waals surface area contributed by atoms with Crippen LogP contribution in [0.4, 0.5) is 5.69 Å². The maximum Gasteiger partial charge on any atom is 0.243 e. The lowest BCUT2D eigenvalue weighted by atomic mass is 10.0. The van der Waals surface area contributed by atoms with Crippen molar-refractivity contribution in [2.45, 2.75) is 38.6 Å². The van der Waals surface area contributed by atoms with Crippen LogP contribution in [0.1, 0.15) is 44.5 Å². The van der Waals surface area contributed by atoms with Crippen LogP contribution in [-0.4, -0.2) is 22.0 Å². The molecule has 2 heterocycles. The maximum absolute atomic E-state index is 12.2. The van der Waals surface area contributed by atoms with E-state index in [4.69, 9.17) is 5.73 Å². The van der Waals surface area contributed by atoms with Crippen molar-refractivity contribution < 1.29 is 4.79 Å². The van der Waals surface area contributed by atoms with Gasteiger partial charge in [0.05, 0.1) is 11.0 Å². The fourth-order valence-electron chi connectivity index (χ4n) is 2.87. The number of carbonyl (C=O) groups is 1. The average Bonchev–Trinajstić information content (AvgIpc) is 2.78. The fraction of sp³-hybridized carbons (Fsp3) is 0.467. The number of anilines is 1.